The molecule has 0 aromatic heterocycles. The second-order valence-corrected chi connectivity index (χ2v) is 10.5. The Labute approximate surface area is 203 Å². The minimum atomic E-state index is -3.95. The van der Waals surface area contributed by atoms with E-state index in [9.17, 15) is 13.2 Å². The van der Waals surface area contributed by atoms with Gasteiger partial charge in [0, 0.05) is 0 Å². The topological polar surface area (TPSA) is 66.5 Å². The molecule has 5 nitrogen and oxygen atoms in total. The number of sulfonamides is 1. The van der Waals surface area contributed by atoms with Crippen molar-refractivity contribution in [2.75, 3.05) is 10.8 Å². The van der Waals surface area contributed by atoms with Crippen molar-refractivity contribution < 1.29 is 13.2 Å². The van der Waals surface area contributed by atoms with Gasteiger partial charge in [-0.1, -0.05) is 67.9 Å². The van der Waals surface area contributed by atoms with Crippen molar-refractivity contribution in [1.82, 2.24) is 5.32 Å². The zero-order chi connectivity index (χ0) is 24.9. The normalized spacial score (nSPS) is 12.3. The quantitative estimate of drug-likeness (QED) is 0.433. The number of amides is 1. The molecule has 3 aromatic rings. The average molecular weight is 479 g/mol. The zero-order valence-corrected chi connectivity index (χ0v) is 21.4. The van der Waals surface area contributed by atoms with E-state index >= 15 is 0 Å². The first-order valence-corrected chi connectivity index (χ1v) is 13.1. The Morgan fingerprint density at radius 3 is 2.21 bits per heavy atom. The smallest absolute Gasteiger partial charge is 0.264 e. The van der Waals surface area contributed by atoms with Crippen LogP contribution in [0.5, 0.6) is 0 Å². The van der Waals surface area contributed by atoms with Crippen LogP contribution in [0.1, 0.15) is 54.1 Å². The SMILES string of the molecule is CCc1ccccc1N(CC(=O)NC(CC)c1ccc(C)c(C)c1)S(=O)(=O)c1ccc(C)cc1. The van der Waals surface area contributed by atoms with Crippen molar-refractivity contribution >= 4 is 21.6 Å². The maximum absolute atomic E-state index is 13.7. The lowest BCUT2D eigenvalue weighted by Gasteiger charge is -2.27. The molecule has 1 unspecified atom stereocenters. The van der Waals surface area contributed by atoms with E-state index in [0.29, 0.717) is 18.5 Å². The number of hydrogen-bond donors (Lipinski definition) is 1. The molecule has 1 amide bonds. The third kappa shape index (κ3) is 5.68. The van der Waals surface area contributed by atoms with E-state index < -0.39 is 10.0 Å². The first kappa shape index (κ1) is 25.5. The van der Waals surface area contributed by atoms with Crippen molar-refractivity contribution in [1.29, 1.82) is 0 Å². The first-order chi connectivity index (χ1) is 16.2. The summed E-state index contributed by atoms with van der Waals surface area (Å²) in [6.45, 7) is 9.69. The molecule has 34 heavy (non-hydrogen) atoms. The van der Waals surface area contributed by atoms with E-state index in [4.69, 9.17) is 0 Å². The summed E-state index contributed by atoms with van der Waals surface area (Å²) in [4.78, 5) is 13.4. The minimum Gasteiger partial charge on any atom is -0.348 e. The molecule has 1 N–H and O–H groups in total. The van der Waals surface area contributed by atoms with Gasteiger partial charge in [-0.2, -0.15) is 0 Å². The summed E-state index contributed by atoms with van der Waals surface area (Å²) in [6.07, 6.45) is 1.35. The molecule has 3 aromatic carbocycles. The van der Waals surface area contributed by atoms with E-state index in [0.717, 1.165) is 22.3 Å². The number of aryl methyl sites for hydroxylation is 4. The summed E-state index contributed by atoms with van der Waals surface area (Å²) < 4.78 is 28.6. The van der Waals surface area contributed by atoms with Gasteiger partial charge in [-0.25, -0.2) is 8.42 Å². The highest BCUT2D eigenvalue weighted by molar-refractivity contribution is 7.92. The molecule has 0 aliphatic heterocycles. The second kappa shape index (κ2) is 10.9. The second-order valence-electron chi connectivity index (χ2n) is 8.68. The lowest BCUT2D eigenvalue weighted by Crippen LogP contribution is -2.42. The lowest BCUT2D eigenvalue weighted by molar-refractivity contribution is -0.120. The van der Waals surface area contributed by atoms with Crippen molar-refractivity contribution in [2.45, 2.75) is 58.4 Å². The molecule has 3 rings (SSSR count). The van der Waals surface area contributed by atoms with Crippen LogP contribution in [-0.2, 0) is 21.2 Å². The van der Waals surface area contributed by atoms with E-state index in [-0.39, 0.29) is 23.4 Å². The molecule has 0 saturated carbocycles. The van der Waals surface area contributed by atoms with Crippen LogP contribution in [0.2, 0.25) is 0 Å². The number of rotatable bonds is 9. The highest BCUT2D eigenvalue weighted by Gasteiger charge is 2.29. The fourth-order valence-corrected chi connectivity index (χ4v) is 5.42. The zero-order valence-electron chi connectivity index (χ0n) is 20.6. The van der Waals surface area contributed by atoms with E-state index in [1.54, 1.807) is 36.4 Å². The monoisotopic (exact) mass is 478 g/mol. The van der Waals surface area contributed by atoms with Gasteiger partial charge in [-0.05, 0) is 74.1 Å². The Hall–Kier alpha value is -3.12. The standard InChI is InChI=1S/C28H34N2O3S/c1-6-23-10-8-9-11-27(23)30(34(32,33)25-16-12-20(3)13-17-25)19-28(31)29-26(7-2)24-15-14-21(4)22(5)18-24/h8-18,26H,6-7,19H2,1-5H3,(H,29,31). The van der Waals surface area contributed by atoms with Crippen LogP contribution in [0.4, 0.5) is 5.69 Å². The Balaban J connectivity index is 1.95. The van der Waals surface area contributed by atoms with Crippen LogP contribution in [0.25, 0.3) is 0 Å². The summed E-state index contributed by atoms with van der Waals surface area (Å²) in [7, 11) is -3.95. The Bertz CT molecular complexity index is 1250. The fraction of sp³-hybridized carbons (Fsp3) is 0.321. The molecule has 180 valence electrons. The number of benzene rings is 3. The molecule has 0 aliphatic rings. The summed E-state index contributed by atoms with van der Waals surface area (Å²) in [5.41, 5.74) is 5.73. The molecular weight excluding hydrogens is 444 g/mol. The van der Waals surface area contributed by atoms with E-state index in [1.165, 1.54) is 9.87 Å². The average Bonchev–Trinajstić information content (AvgIpc) is 2.83. The van der Waals surface area contributed by atoms with E-state index in [2.05, 4.69) is 18.3 Å². The molecule has 1 atom stereocenters. The molecular formula is C28H34N2O3S. The highest BCUT2D eigenvalue weighted by atomic mass is 32.2. The van der Waals surface area contributed by atoms with Crippen molar-refractivity contribution in [3.63, 3.8) is 0 Å². The van der Waals surface area contributed by atoms with Crippen molar-refractivity contribution in [3.05, 3.63) is 94.5 Å². The molecule has 0 radical (unpaired) electrons. The molecule has 0 bridgehead atoms. The van der Waals surface area contributed by atoms with Crippen LogP contribution < -0.4 is 9.62 Å². The largest absolute Gasteiger partial charge is 0.348 e. The van der Waals surface area contributed by atoms with Crippen molar-refractivity contribution in [3.8, 4) is 0 Å². The molecule has 0 aliphatic carbocycles. The van der Waals surface area contributed by atoms with Gasteiger partial charge < -0.3 is 5.32 Å². The van der Waals surface area contributed by atoms with Crippen LogP contribution in [0.3, 0.4) is 0 Å². The number of nitrogens with one attached hydrogen (secondary N) is 1. The third-order valence-electron chi connectivity index (χ3n) is 6.21. The van der Waals surface area contributed by atoms with E-state index in [1.807, 2.05) is 52.0 Å². The maximum atomic E-state index is 13.7. The Kier molecular flexibility index (Phi) is 8.15. The Morgan fingerprint density at radius 1 is 0.912 bits per heavy atom. The van der Waals surface area contributed by atoms with Gasteiger partial charge in [-0.3, -0.25) is 9.10 Å². The van der Waals surface area contributed by atoms with Crippen LogP contribution in [0.15, 0.2) is 71.6 Å². The van der Waals surface area contributed by atoms with Gasteiger partial charge in [0.1, 0.15) is 6.54 Å². The number of carbonyl (C=O) groups excluding carboxylic acids is 1. The van der Waals surface area contributed by atoms with Gasteiger partial charge in [0.25, 0.3) is 10.0 Å². The summed E-state index contributed by atoms with van der Waals surface area (Å²) in [5, 5.41) is 3.06. The number of anilines is 1. The molecule has 0 heterocycles. The lowest BCUT2D eigenvalue weighted by atomic mass is 9.99. The molecule has 0 saturated heterocycles. The predicted octanol–water partition coefficient (Wildman–Crippen LogP) is 5.64. The fourth-order valence-electron chi connectivity index (χ4n) is 3.96. The van der Waals surface area contributed by atoms with Gasteiger partial charge >= 0.3 is 0 Å². The maximum Gasteiger partial charge on any atom is 0.264 e. The summed E-state index contributed by atoms with van der Waals surface area (Å²) >= 11 is 0. The number of para-hydroxylation sites is 1. The van der Waals surface area contributed by atoms with Gasteiger partial charge in [-0.15, -0.1) is 0 Å². The Morgan fingerprint density at radius 2 is 1.59 bits per heavy atom. The summed E-state index contributed by atoms with van der Waals surface area (Å²) in [5.74, 6) is -0.341. The summed E-state index contributed by atoms with van der Waals surface area (Å²) in [6, 6.07) is 20.0. The van der Waals surface area contributed by atoms with Gasteiger partial charge in [0.05, 0.1) is 16.6 Å². The first-order valence-electron chi connectivity index (χ1n) is 11.7. The third-order valence-corrected chi connectivity index (χ3v) is 7.99. The minimum absolute atomic E-state index is 0.165. The van der Waals surface area contributed by atoms with Crippen molar-refractivity contribution in [2.24, 2.45) is 0 Å². The molecule has 0 fully saturated rings. The van der Waals surface area contributed by atoms with Gasteiger partial charge in [0.15, 0.2) is 0 Å². The number of nitrogens with zero attached hydrogens (tertiary/aromatic N) is 1. The van der Waals surface area contributed by atoms with Crippen LogP contribution >= 0.6 is 0 Å². The molecule has 6 heteroatoms. The number of hydrogen-bond acceptors (Lipinski definition) is 3. The number of carbonyl (C=O) groups is 1. The highest BCUT2D eigenvalue weighted by Crippen LogP contribution is 2.28. The molecule has 0 spiro atoms. The predicted molar refractivity (Wildman–Crippen MR) is 139 cm³/mol. The van der Waals surface area contributed by atoms with Crippen LogP contribution in [0, 0.1) is 20.8 Å². The van der Waals surface area contributed by atoms with Gasteiger partial charge in [0.2, 0.25) is 5.91 Å². The van der Waals surface area contributed by atoms with Crippen LogP contribution in [-0.4, -0.2) is 20.9 Å².